The minimum atomic E-state index is -1.23. The standard InChI is InChI=1S/C15H16N6O5/c22-5-9-11(23)12(24)15(26-9)21-7-18-10-13(16-6-17-14(10)21)20-19-4-8-2-1-3-25-8/h1-4,6-7,9,11-12,15,22-24H,5H2,(H,16,17,20)/t9-,11-,12-,15-/m1/s1. The van der Waals surface area contributed by atoms with Gasteiger partial charge in [0.1, 0.15) is 30.4 Å². The number of aliphatic hydroxyl groups is 3. The van der Waals surface area contributed by atoms with Gasteiger partial charge in [0, 0.05) is 0 Å². The molecule has 0 spiro atoms. The number of nitrogens with one attached hydrogen (secondary N) is 1. The summed E-state index contributed by atoms with van der Waals surface area (Å²) in [5.41, 5.74) is 3.54. The summed E-state index contributed by atoms with van der Waals surface area (Å²) in [5, 5.41) is 33.4. The molecule has 11 nitrogen and oxygen atoms in total. The number of hydrogen-bond acceptors (Lipinski definition) is 10. The number of ether oxygens (including phenoxy) is 1. The predicted octanol–water partition coefficient (Wildman–Crippen LogP) is -0.523. The molecule has 3 aromatic heterocycles. The van der Waals surface area contributed by atoms with Gasteiger partial charge in [-0.05, 0) is 12.1 Å². The summed E-state index contributed by atoms with van der Waals surface area (Å²) in [6, 6.07) is 3.49. The highest BCUT2D eigenvalue weighted by molar-refractivity contribution is 5.83. The summed E-state index contributed by atoms with van der Waals surface area (Å²) >= 11 is 0. The zero-order valence-electron chi connectivity index (χ0n) is 13.4. The van der Waals surface area contributed by atoms with Crippen molar-refractivity contribution in [3.63, 3.8) is 0 Å². The van der Waals surface area contributed by atoms with E-state index < -0.39 is 31.1 Å². The van der Waals surface area contributed by atoms with Crippen LogP contribution in [0.25, 0.3) is 11.2 Å². The van der Waals surface area contributed by atoms with Crippen LogP contribution in [-0.2, 0) is 4.74 Å². The van der Waals surface area contributed by atoms with Crippen LogP contribution in [0.5, 0.6) is 0 Å². The quantitative estimate of drug-likeness (QED) is 0.348. The molecule has 3 aromatic rings. The van der Waals surface area contributed by atoms with E-state index in [0.717, 1.165) is 0 Å². The maximum Gasteiger partial charge on any atom is 0.177 e. The van der Waals surface area contributed by atoms with Crippen molar-refractivity contribution in [1.29, 1.82) is 0 Å². The van der Waals surface area contributed by atoms with Crippen molar-refractivity contribution in [3.8, 4) is 0 Å². The summed E-state index contributed by atoms with van der Waals surface area (Å²) < 4.78 is 12.1. The van der Waals surface area contributed by atoms with Gasteiger partial charge in [-0.15, -0.1) is 0 Å². The van der Waals surface area contributed by atoms with Crippen LogP contribution in [0.3, 0.4) is 0 Å². The van der Waals surface area contributed by atoms with Gasteiger partial charge < -0.3 is 24.5 Å². The van der Waals surface area contributed by atoms with Gasteiger partial charge in [-0.3, -0.25) is 9.99 Å². The average Bonchev–Trinajstić information content (AvgIpc) is 3.37. The number of hydrogen-bond donors (Lipinski definition) is 4. The van der Waals surface area contributed by atoms with Crippen LogP contribution in [0.4, 0.5) is 5.82 Å². The maximum absolute atomic E-state index is 10.2. The van der Waals surface area contributed by atoms with Crippen molar-refractivity contribution in [3.05, 3.63) is 36.8 Å². The Labute approximate surface area is 146 Å². The topological polar surface area (TPSA) is 151 Å². The first-order chi connectivity index (χ1) is 12.7. The highest BCUT2D eigenvalue weighted by Crippen LogP contribution is 2.31. The second-order valence-corrected chi connectivity index (χ2v) is 5.66. The van der Waals surface area contributed by atoms with E-state index in [-0.39, 0.29) is 0 Å². The molecule has 4 heterocycles. The Bertz CT molecular complexity index is 911. The Balaban J connectivity index is 1.61. The fourth-order valence-corrected chi connectivity index (χ4v) is 2.75. The van der Waals surface area contributed by atoms with E-state index >= 15 is 0 Å². The van der Waals surface area contributed by atoms with E-state index in [1.54, 1.807) is 12.1 Å². The number of rotatable bonds is 5. The highest BCUT2D eigenvalue weighted by atomic mass is 16.6. The van der Waals surface area contributed by atoms with Crippen molar-refractivity contribution >= 4 is 23.2 Å². The largest absolute Gasteiger partial charge is 0.463 e. The SMILES string of the molecule is OC[C@H]1O[C@@H](n2cnc3c(NN=Cc4ccco4)ncnc32)[C@H](O)[C@@H]1O. The molecule has 11 heteroatoms. The lowest BCUT2D eigenvalue weighted by Crippen LogP contribution is -2.33. The maximum atomic E-state index is 10.2. The Morgan fingerprint density at radius 3 is 2.88 bits per heavy atom. The van der Waals surface area contributed by atoms with Crippen molar-refractivity contribution in [2.75, 3.05) is 12.0 Å². The molecule has 4 rings (SSSR count). The molecule has 0 radical (unpaired) electrons. The third kappa shape index (κ3) is 2.82. The Kier molecular flexibility index (Phi) is 4.34. The molecule has 1 aliphatic rings. The number of aromatic nitrogens is 4. The molecule has 4 atom stereocenters. The van der Waals surface area contributed by atoms with Gasteiger partial charge in [0.25, 0.3) is 0 Å². The number of hydrazone groups is 1. The van der Waals surface area contributed by atoms with E-state index in [1.165, 1.54) is 29.7 Å². The lowest BCUT2D eigenvalue weighted by molar-refractivity contribution is -0.0511. The van der Waals surface area contributed by atoms with Gasteiger partial charge in [-0.2, -0.15) is 5.10 Å². The third-order valence-electron chi connectivity index (χ3n) is 4.06. The van der Waals surface area contributed by atoms with Crippen molar-refractivity contribution in [2.24, 2.45) is 5.10 Å². The van der Waals surface area contributed by atoms with Gasteiger partial charge in [-0.25, -0.2) is 15.0 Å². The van der Waals surface area contributed by atoms with E-state index in [0.29, 0.717) is 22.7 Å². The highest BCUT2D eigenvalue weighted by Gasteiger charge is 2.44. The molecule has 1 saturated heterocycles. The molecule has 0 saturated carbocycles. The van der Waals surface area contributed by atoms with Crippen molar-refractivity contribution in [2.45, 2.75) is 24.5 Å². The van der Waals surface area contributed by atoms with Crippen LogP contribution in [0, 0.1) is 0 Å². The Hall–Kier alpha value is -2.86. The molecular formula is C15H16N6O5. The first-order valence-corrected chi connectivity index (χ1v) is 7.81. The normalized spacial score (nSPS) is 26.1. The summed E-state index contributed by atoms with van der Waals surface area (Å²) in [6.45, 7) is -0.412. The van der Waals surface area contributed by atoms with Gasteiger partial charge >= 0.3 is 0 Å². The van der Waals surface area contributed by atoms with Crippen LogP contribution in [0.15, 0.2) is 40.6 Å². The van der Waals surface area contributed by atoms with Crippen LogP contribution in [0.1, 0.15) is 12.0 Å². The summed E-state index contributed by atoms with van der Waals surface area (Å²) in [6.07, 6.45) is 1.50. The molecule has 0 bridgehead atoms. The van der Waals surface area contributed by atoms with Gasteiger partial charge in [0.15, 0.2) is 23.2 Å². The number of furan rings is 1. The monoisotopic (exact) mass is 360 g/mol. The molecule has 136 valence electrons. The van der Waals surface area contributed by atoms with Crippen LogP contribution < -0.4 is 5.43 Å². The first kappa shape index (κ1) is 16.6. The van der Waals surface area contributed by atoms with E-state index in [4.69, 9.17) is 9.15 Å². The van der Waals surface area contributed by atoms with Gasteiger partial charge in [0.2, 0.25) is 0 Å². The minimum Gasteiger partial charge on any atom is -0.463 e. The number of nitrogens with zero attached hydrogens (tertiary/aromatic N) is 5. The van der Waals surface area contributed by atoms with Gasteiger partial charge in [0.05, 0.1) is 25.4 Å². The first-order valence-electron chi connectivity index (χ1n) is 7.81. The molecule has 0 unspecified atom stereocenters. The average molecular weight is 360 g/mol. The summed E-state index contributed by atoms with van der Waals surface area (Å²) in [7, 11) is 0. The number of anilines is 1. The van der Waals surface area contributed by atoms with E-state index in [9.17, 15) is 15.3 Å². The van der Waals surface area contributed by atoms with Crippen molar-refractivity contribution in [1.82, 2.24) is 19.5 Å². The van der Waals surface area contributed by atoms with Crippen LogP contribution >= 0.6 is 0 Å². The Morgan fingerprint density at radius 1 is 1.27 bits per heavy atom. The zero-order valence-corrected chi connectivity index (χ0v) is 13.4. The smallest absolute Gasteiger partial charge is 0.177 e. The fourth-order valence-electron chi connectivity index (χ4n) is 2.75. The molecule has 1 fully saturated rings. The molecule has 0 aromatic carbocycles. The number of imidazole rings is 1. The molecule has 0 aliphatic carbocycles. The predicted molar refractivity (Wildman–Crippen MR) is 88.3 cm³/mol. The molecule has 26 heavy (non-hydrogen) atoms. The fraction of sp³-hybridized carbons (Fsp3) is 0.333. The second kappa shape index (κ2) is 6.80. The molecule has 0 amide bonds. The lowest BCUT2D eigenvalue weighted by Gasteiger charge is -2.16. The lowest BCUT2D eigenvalue weighted by atomic mass is 10.1. The number of fused-ring (bicyclic) bond motifs is 1. The summed E-state index contributed by atoms with van der Waals surface area (Å²) in [5.74, 6) is 0.920. The third-order valence-corrected chi connectivity index (χ3v) is 4.06. The Morgan fingerprint density at radius 2 is 2.15 bits per heavy atom. The van der Waals surface area contributed by atoms with E-state index in [1.807, 2.05) is 0 Å². The molecule has 1 aliphatic heterocycles. The number of aliphatic hydroxyl groups excluding tert-OH is 3. The van der Waals surface area contributed by atoms with Crippen molar-refractivity contribution < 1.29 is 24.5 Å². The summed E-state index contributed by atoms with van der Waals surface area (Å²) in [4.78, 5) is 12.5. The minimum absolute atomic E-state index is 0.350. The van der Waals surface area contributed by atoms with Crippen LogP contribution in [-0.4, -0.2) is 66.0 Å². The van der Waals surface area contributed by atoms with E-state index in [2.05, 4.69) is 25.5 Å². The molecule has 4 N–H and O–H groups in total. The second-order valence-electron chi connectivity index (χ2n) is 5.66. The molecular weight excluding hydrogens is 344 g/mol. The van der Waals surface area contributed by atoms with Crippen LogP contribution in [0.2, 0.25) is 0 Å². The zero-order chi connectivity index (χ0) is 18.1. The van der Waals surface area contributed by atoms with Gasteiger partial charge in [-0.1, -0.05) is 0 Å².